The van der Waals surface area contributed by atoms with E-state index in [1.807, 2.05) is 4.68 Å². The number of rotatable bonds is 11. The highest BCUT2D eigenvalue weighted by Crippen LogP contribution is 2.31. The summed E-state index contributed by atoms with van der Waals surface area (Å²) in [5.41, 5.74) is 5.10. The summed E-state index contributed by atoms with van der Waals surface area (Å²) < 4.78 is 2.03. The van der Waals surface area contributed by atoms with Crippen LogP contribution in [0.5, 0.6) is 0 Å². The van der Waals surface area contributed by atoms with Gasteiger partial charge < -0.3 is 0 Å². The lowest BCUT2D eigenvalue weighted by atomic mass is 9.88. The molecule has 0 bridgehead atoms. The number of tetrazole rings is 1. The van der Waals surface area contributed by atoms with Crippen LogP contribution in [0.2, 0.25) is 0 Å². The van der Waals surface area contributed by atoms with E-state index in [9.17, 15) is 0 Å². The highest BCUT2D eigenvalue weighted by atomic mass is 15.6. The van der Waals surface area contributed by atoms with Crippen LogP contribution >= 0.6 is 0 Å². The Morgan fingerprint density at radius 1 is 0.643 bits per heavy atom. The van der Waals surface area contributed by atoms with E-state index in [0.717, 1.165) is 51.5 Å². The zero-order valence-electron chi connectivity index (χ0n) is 24.0. The third kappa shape index (κ3) is 6.90. The SMILES string of the molecule is C(=C\c1ccccc1)/CN1CCN(C(c2ccccc2)c2nnnn2CCC(c2ccccc2)c2ccccc2)CC1. The predicted molar refractivity (Wildman–Crippen MR) is 169 cm³/mol. The molecule has 1 aliphatic heterocycles. The van der Waals surface area contributed by atoms with Crippen molar-refractivity contribution < 1.29 is 0 Å². The number of hydrogen-bond donors (Lipinski definition) is 0. The lowest BCUT2D eigenvalue weighted by molar-refractivity contribution is 0.112. The molecule has 1 saturated heterocycles. The van der Waals surface area contributed by atoms with Crippen molar-refractivity contribution in [2.45, 2.75) is 24.9 Å². The summed E-state index contributed by atoms with van der Waals surface area (Å²) in [6.07, 6.45) is 5.40. The van der Waals surface area contributed by atoms with E-state index in [4.69, 9.17) is 0 Å². The van der Waals surface area contributed by atoms with Crippen LogP contribution in [0.4, 0.5) is 0 Å². The van der Waals surface area contributed by atoms with Crippen LogP contribution in [0.1, 0.15) is 46.5 Å². The molecule has 1 fully saturated rings. The quantitative estimate of drug-likeness (QED) is 0.191. The number of hydrogen-bond acceptors (Lipinski definition) is 5. The average molecular weight is 555 g/mol. The molecule has 1 aliphatic rings. The molecule has 1 atom stereocenters. The van der Waals surface area contributed by atoms with Crippen molar-refractivity contribution in [1.82, 2.24) is 30.0 Å². The Morgan fingerprint density at radius 2 is 1.19 bits per heavy atom. The molecule has 0 N–H and O–H groups in total. The van der Waals surface area contributed by atoms with Gasteiger partial charge in [0.25, 0.3) is 0 Å². The van der Waals surface area contributed by atoms with Crippen LogP contribution < -0.4 is 0 Å². The van der Waals surface area contributed by atoms with Crippen LogP contribution in [0.25, 0.3) is 6.08 Å². The Hall–Kier alpha value is -4.39. The topological polar surface area (TPSA) is 50.1 Å². The molecule has 6 rings (SSSR count). The van der Waals surface area contributed by atoms with Crippen LogP contribution in [-0.4, -0.2) is 62.7 Å². The molecule has 5 aromatic rings. The summed E-state index contributed by atoms with van der Waals surface area (Å²) in [6.45, 7) is 5.63. The van der Waals surface area contributed by atoms with Crippen molar-refractivity contribution >= 4 is 6.08 Å². The normalized spacial score (nSPS) is 15.4. The molecule has 6 heteroatoms. The summed E-state index contributed by atoms with van der Waals surface area (Å²) in [5, 5.41) is 13.3. The van der Waals surface area contributed by atoms with Crippen molar-refractivity contribution in [1.29, 1.82) is 0 Å². The Balaban J connectivity index is 1.18. The molecule has 0 aliphatic carbocycles. The molecule has 0 spiro atoms. The summed E-state index contributed by atoms with van der Waals surface area (Å²) in [5.74, 6) is 1.19. The smallest absolute Gasteiger partial charge is 0.173 e. The largest absolute Gasteiger partial charge is 0.297 e. The minimum Gasteiger partial charge on any atom is -0.297 e. The average Bonchev–Trinajstić information content (AvgIpc) is 3.52. The Morgan fingerprint density at radius 3 is 1.79 bits per heavy atom. The van der Waals surface area contributed by atoms with Crippen LogP contribution in [0, 0.1) is 0 Å². The monoisotopic (exact) mass is 554 g/mol. The van der Waals surface area contributed by atoms with Crippen LogP contribution in [-0.2, 0) is 6.54 Å². The van der Waals surface area contributed by atoms with Crippen molar-refractivity contribution in [3.63, 3.8) is 0 Å². The molecule has 4 aromatic carbocycles. The maximum atomic E-state index is 4.63. The fraction of sp³-hybridized carbons (Fsp3) is 0.250. The van der Waals surface area contributed by atoms with E-state index in [1.165, 1.54) is 22.3 Å². The van der Waals surface area contributed by atoms with Gasteiger partial charge in [-0.25, -0.2) is 4.68 Å². The molecular weight excluding hydrogens is 516 g/mol. The van der Waals surface area contributed by atoms with E-state index in [1.54, 1.807) is 0 Å². The van der Waals surface area contributed by atoms with Crippen molar-refractivity contribution in [2.24, 2.45) is 0 Å². The standard InChI is InChI=1S/C36H38N6/c1-5-14-30(15-6-1)16-13-24-40-26-28-41(29-27-40)35(33-21-11-4-12-22-33)36-37-38-39-42(36)25-23-34(31-17-7-2-8-18-31)32-19-9-3-10-20-32/h1-22,34-35H,23-29H2/b16-13+. The molecule has 0 amide bonds. The Labute approximate surface area is 248 Å². The molecule has 0 radical (unpaired) electrons. The van der Waals surface area contributed by atoms with Gasteiger partial charge in [-0.3, -0.25) is 9.80 Å². The lowest BCUT2D eigenvalue weighted by Crippen LogP contribution is -2.48. The highest BCUT2D eigenvalue weighted by molar-refractivity contribution is 5.48. The van der Waals surface area contributed by atoms with Gasteiger partial charge in [0.05, 0.1) is 6.04 Å². The van der Waals surface area contributed by atoms with Gasteiger partial charge in [-0.2, -0.15) is 0 Å². The van der Waals surface area contributed by atoms with E-state index in [2.05, 4.69) is 159 Å². The number of aromatic nitrogens is 4. The molecule has 42 heavy (non-hydrogen) atoms. The fourth-order valence-electron chi connectivity index (χ4n) is 5.98. The maximum absolute atomic E-state index is 4.63. The zero-order chi connectivity index (χ0) is 28.4. The zero-order valence-corrected chi connectivity index (χ0v) is 24.0. The second-order valence-corrected chi connectivity index (χ2v) is 10.9. The molecule has 1 unspecified atom stereocenters. The van der Waals surface area contributed by atoms with Crippen molar-refractivity contribution in [3.05, 3.63) is 155 Å². The molecule has 6 nitrogen and oxygen atoms in total. The van der Waals surface area contributed by atoms with Gasteiger partial charge in [-0.15, -0.1) is 5.10 Å². The first-order valence-corrected chi connectivity index (χ1v) is 14.9. The van der Waals surface area contributed by atoms with E-state index in [-0.39, 0.29) is 12.0 Å². The number of piperazine rings is 1. The molecule has 0 saturated carbocycles. The van der Waals surface area contributed by atoms with Crippen molar-refractivity contribution in [3.8, 4) is 0 Å². The van der Waals surface area contributed by atoms with Gasteiger partial charge in [0, 0.05) is 45.2 Å². The van der Waals surface area contributed by atoms with E-state index < -0.39 is 0 Å². The third-order valence-corrected chi connectivity index (χ3v) is 8.20. The third-order valence-electron chi connectivity index (χ3n) is 8.20. The molecule has 212 valence electrons. The first-order valence-electron chi connectivity index (χ1n) is 14.9. The molecule has 1 aromatic heterocycles. The maximum Gasteiger partial charge on any atom is 0.173 e. The summed E-state index contributed by atoms with van der Waals surface area (Å²) in [4.78, 5) is 5.06. The van der Waals surface area contributed by atoms with Gasteiger partial charge in [0.15, 0.2) is 5.82 Å². The Kier molecular flexibility index (Phi) is 9.25. The van der Waals surface area contributed by atoms with Gasteiger partial charge in [-0.05, 0) is 39.1 Å². The van der Waals surface area contributed by atoms with Gasteiger partial charge in [0.1, 0.15) is 0 Å². The minimum absolute atomic E-state index is 0.00936. The first kappa shape index (κ1) is 27.8. The van der Waals surface area contributed by atoms with Gasteiger partial charge in [0.2, 0.25) is 0 Å². The first-order chi connectivity index (χ1) is 20.8. The summed E-state index contributed by atoms with van der Waals surface area (Å²) in [6, 6.07) is 42.8. The number of nitrogens with zero attached hydrogens (tertiary/aromatic N) is 6. The molecular formula is C36H38N6. The minimum atomic E-state index is 0.00936. The second kappa shape index (κ2) is 14.0. The molecule has 2 heterocycles. The summed E-state index contributed by atoms with van der Waals surface area (Å²) >= 11 is 0. The van der Waals surface area contributed by atoms with E-state index in [0.29, 0.717) is 0 Å². The second-order valence-electron chi connectivity index (χ2n) is 10.9. The van der Waals surface area contributed by atoms with Crippen LogP contribution in [0.15, 0.2) is 127 Å². The summed E-state index contributed by atoms with van der Waals surface area (Å²) in [7, 11) is 0. The predicted octanol–water partition coefficient (Wildman–Crippen LogP) is 6.32. The van der Waals surface area contributed by atoms with Crippen molar-refractivity contribution in [2.75, 3.05) is 32.7 Å². The highest BCUT2D eigenvalue weighted by Gasteiger charge is 2.30. The fourth-order valence-corrected chi connectivity index (χ4v) is 5.98. The number of benzene rings is 4. The Bertz CT molecular complexity index is 1470. The van der Waals surface area contributed by atoms with Gasteiger partial charge >= 0.3 is 0 Å². The van der Waals surface area contributed by atoms with Crippen LogP contribution in [0.3, 0.4) is 0 Å². The number of aryl methyl sites for hydroxylation is 1. The lowest BCUT2D eigenvalue weighted by Gasteiger charge is -2.38. The van der Waals surface area contributed by atoms with Gasteiger partial charge in [-0.1, -0.05) is 133 Å². The van der Waals surface area contributed by atoms with E-state index >= 15 is 0 Å².